The van der Waals surface area contributed by atoms with E-state index >= 15 is 0 Å². The van der Waals surface area contributed by atoms with Crippen molar-refractivity contribution in [1.29, 1.82) is 0 Å². The fourth-order valence-electron chi connectivity index (χ4n) is 4.22. The van der Waals surface area contributed by atoms with E-state index < -0.39 is 9.84 Å². The fourth-order valence-corrected chi connectivity index (χ4v) is 5.09. The number of aromatic nitrogens is 2. The van der Waals surface area contributed by atoms with E-state index in [1.165, 1.54) is 12.5 Å². The van der Waals surface area contributed by atoms with Crippen molar-refractivity contribution < 1.29 is 13.2 Å². The Balaban J connectivity index is 1.56. The largest absolute Gasteiger partial charge is 0.354 e. The molecular formula is C25H23N5O3S. The molecule has 8 nitrogen and oxygen atoms in total. The lowest BCUT2D eigenvalue weighted by atomic mass is 10.1. The smallest absolute Gasteiger partial charge is 0.257 e. The summed E-state index contributed by atoms with van der Waals surface area (Å²) in [5.41, 5.74) is 4.98. The van der Waals surface area contributed by atoms with Gasteiger partial charge in [-0.25, -0.2) is 13.3 Å². The summed E-state index contributed by atoms with van der Waals surface area (Å²) in [6.07, 6.45) is 5.28. The van der Waals surface area contributed by atoms with E-state index in [0.717, 1.165) is 24.1 Å². The summed E-state index contributed by atoms with van der Waals surface area (Å²) < 4.78 is 25.2. The second kappa shape index (κ2) is 8.22. The quantitative estimate of drug-likeness (QED) is 0.538. The van der Waals surface area contributed by atoms with Gasteiger partial charge in [0.25, 0.3) is 5.91 Å². The predicted octanol–water partition coefficient (Wildman–Crippen LogP) is 4.23. The molecule has 0 saturated heterocycles. The molecule has 1 aromatic carbocycles. The molecule has 0 bridgehead atoms. The molecule has 1 saturated carbocycles. The van der Waals surface area contributed by atoms with Gasteiger partial charge in [0.1, 0.15) is 0 Å². The average molecular weight is 474 g/mol. The molecule has 3 aromatic rings. The Kier molecular flexibility index (Phi) is 5.33. The number of hydrogen-bond acceptors (Lipinski definition) is 6. The number of benzene rings is 1. The highest BCUT2D eigenvalue weighted by atomic mass is 32.2. The van der Waals surface area contributed by atoms with Gasteiger partial charge in [-0.3, -0.25) is 14.8 Å². The Bertz CT molecular complexity index is 1460. The number of rotatable bonds is 6. The van der Waals surface area contributed by atoms with Crippen LogP contribution in [0.3, 0.4) is 0 Å². The third-order valence-electron chi connectivity index (χ3n) is 6.12. The summed E-state index contributed by atoms with van der Waals surface area (Å²) in [5.74, 6) is 0.259. The van der Waals surface area contributed by atoms with Crippen molar-refractivity contribution >= 4 is 32.8 Å². The highest BCUT2D eigenvalue weighted by Crippen LogP contribution is 2.42. The number of hydrogen-bond donors (Lipinski definition) is 1. The Hall–Kier alpha value is -3.77. The van der Waals surface area contributed by atoms with Gasteiger partial charge >= 0.3 is 0 Å². The van der Waals surface area contributed by atoms with Crippen molar-refractivity contribution in [2.24, 2.45) is 0 Å². The minimum atomic E-state index is -3.49. The average Bonchev–Trinajstić information content (AvgIpc) is 3.60. The minimum Gasteiger partial charge on any atom is -0.354 e. The number of carbonyl (C=O) groups excluding carboxylic acids is 1. The van der Waals surface area contributed by atoms with E-state index in [1.54, 1.807) is 42.3 Å². The van der Waals surface area contributed by atoms with Gasteiger partial charge in [-0.1, -0.05) is 18.2 Å². The monoisotopic (exact) mass is 473 g/mol. The molecule has 0 spiro atoms. The third kappa shape index (κ3) is 4.24. The molecule has 2 aliphatic rings. The molecule has 1 aliphatic carbocycles. The van der Waals surface area contributed by atoms with Crippen LogP contribution in [0, 0.1) is 6.57 Å². The number of carbonyl (C=O) groups is 1. The zero-order chi connectivity index (χ0) is 24.0. The van der Waals surface area contributed by atoms with Crippen molar-refractivity contribution in [3.05, 3.63) is 82.2 Å². The van der Waals surface area contributed by atoms with E-state index in [9.17, 15) is 13.2 Å². The first-order valence-electron chi connectivity index (χ1n) is 10.9. The number of anilines is 2. The van der Waals surface area contributed by atoms with Crippen molar-refractivity contribution in [3.8, 4) is 0 Å². The van der Waals surface area contributed by atoms with Crippen LogP contribution in [-0.2, 0) is 22.8 Å². The molecule has 0 atom stereocenters. The Labute approximate surface area is 198 Å². The molecule has 0 unspecified atom stereocenters. The van der Waals surface area contributed by atoms with E-state index in [2.05, 4.69) is 20.1 Å². The van der Waals surface area contributed by atoms with Crippen LogP contribution in [0.5, 0.6) is 0 Å². The number of nitrogens with one attached hydrogen (secondary N) is 1. The molecule has 5 rings (SSSR count). The van der Waals surface area contributed by atoms with Gasteiger partial charge in [-0.05, 0) is 42.5 Å². The van der Waals surface area contributed by atoms with Crippen LogP contribution in [0.25, 0.3) is 4.85 Å². The Morgan fingerprint density at radius 2 is 1.94 bits per heavy atom. The van der Waals surface area contributed by atoms with E-state index in [0.29, 0.717) is 52.9 Å². The molecule has 3 heterocycles. The molecule has 9 heteroatoms. The van der Waals surface area contributed by atoms with Gasteiger partial charge in [0.05, 0.1) is 40.6 Å². The maximum Gasteiger partial charge on any atom is 0.257 e. The van der Waals surface area contributed by atoms with Crippen LogP contribution in [0.15, 0.2) is 47.5 Å². The number of nitrogens with zero attached hydrogens (tertiary/aromatic N) is 4. The Morgan fingerprint density at radius 3 is 2.59 bits per heavy atom. The molecule has 1 amide bonds. The Morgan fingerprint density at radius 1 is 1.15 bits per heavy atom. The van der Waals surface area contributed by atoms with Crippen LogP contribution in [0.2, 0.25) is 0 Å². The molecular weight excluding hydrogens is 450 g/mol. The van der Waals surface area contributed by atoms with Gasteiger partial charge in [-0.2, -0.15) is 0 Å². The van der Waals surface area contributed by atoms with Gasteiger partial charge in [0, 0.05) is 37.3 Å². The number of sulfone groups is 1. The minimum absolute atomic E-state index is 0.161. The number of fused-ring (bicyclic) bond motifs is 1. The predicted molar refractivity (Wildman–Crippen MR) is 128 cm³/mol. The van der Waals surface area contributed by atoms with E-state index in [4.69, 9.17) is 6.57 Å². The third-order valence-corrected chi connectivity index (χ3v) is 7.26. The maximum absolute atomic E-state index is 12.9. The summed E-state index contributed by atoms with van der Waals surface area (Å²) in [7, 11) is -1.78. The molecule has 34 heavy (non-hydrogen) atoms. The van der Waals surface area contributed by atoms with Crippen LogP contribution in [-0.4, -0.2) is 42.5 Å². The summed E-state index contributed by atoms with van der Waals surface area (Å²) in [5, 5.41) is 3.23. The van der Waals surface area contributed by atoms with Gasteiger partial charge in [0.15, 0.2) is 9.84 Å². The van der Waals surface area contributed by atoms with Crippen LogP contribution in [0.4, 0.5) is 17.1 Å². The summed E-state index contributed by atoms with van der Waals surface area (Å²) in [6, 6.07) is 10.7. The van der Waals surface area contributed by atoms with E-state index in [1.807, 2.05) is 6.07 Å². The first-order valence-corrected chi connectivity index (χ1v) is 12.8. The molecule has 1 fully saturated rings. The fraction of sp³-hybridized carbons (Fsp3) is 0.280. The lowest BCUT2D eigenvalue weighted by Crippen LogP contribution is -2.18. The number of amides is 1. The standard InChI is InChI=1S/C25H23N5O3S/c1-26-18-8-7-17(27-13-18)11-19-12-21(24-22(28-19)14-30(2)25(24)31)29-20-9-6-16(15-4-5-15)10-23(20)34(3,32)33/h6-10,12-13,15H,4-5,11,14H2,2-3H3,(H,28,29). The van der Waals surface area contributed by atoms with Gasteiger partial charge in [0.2, 0.25) is 5.69 Å². The highest BCUT2D eigenvalue weighted by molar-refractivity contribution is 7.90. The molecule has 0 radical (unpaired) electrons. The van der Waals surface area contributed by atoms with Gasteiger partial charge in [-0.15, -0.1) is 0 Å². The van der Waals surface area contributed by atoms with Crippen LogP contribution < -0.4 is 5.32 Å². The number of pyridine rings is 2. The van der Waals surface area contributed by atoms with Crippen LogP contribution in [0.1, 0.15) is 51.8 Å². The molecule has 172 valence electrons. The second-order valence-corrected chi connectivity index (χ2v) is 10.9. The van der Waals surface area contributed by atoms with Gasteiger partial charge < -0.3 is 10.2 Å². The zero-order valence-electron chi connectivity index (χ0n) is 18.9. The topological polar surface area (TPSA) is 96.6 Å². The van der Waals surface area contributed by atoms with Crippen molar-refractivity contribution in [2.45, 2.75) is 36.6 Å². The van der Waals surface area contributed by atoms with E-state index in [-0.39, 0.29) is 10.8 Å². The summed E-state index contributed by atoms with van der Waals surface area (Å²) in [4.78, 5) is 27.1. The molecule has 1 N–H and O–H groups in total. The first kappa shape index (κ1) is 22.0. The lowest BCUT2D eigenvalue weighted by molar-refractivity contribution is 0.0817. The first-order chi connectivity index (χ1) is 16.2. The summed E-state index contributed by atoms with van der Waals surface area (Å²) in [6.45, 7) is 7.45. The summed E-state index contributed by atoms with van der Waals surface area (Å²) >= 11 is 0. The molecule has 2 aromatic heterocycles. The van der Waals surface area contributed by atoms with Crippen LogP contribution >= 0.6 is 0 Å². The zero-order valence-corrected chi connectivity index (χ0v) is 19.7. The maximum atomic E-state index is 12.9. The normalized spacial score (nSPS) is 15.2. The second-order valence-electron chi connectivity index (χ2n) is 8.87. The van der Waals surface area contributed by atoms with Crippen molar-refractivity contribution in [3.63, 3.8) is 0 Å². The highest BCUT2D eigenvalue weighted by Gasteiger charge is 2.31. The lowest BCUT2D eigenvalue weighted by Gasteiger charge is -2.16. The van der Waals surface area contributed by atoms with Crippen molar-refractivity contribution in [2.75, 3.05) is 18.6 Å². The SMILES string of the molecule is [C-]#[N+]c1ccc(Cc2cc(Nc3ccc(C4CC4)cc3S(C)(=O)=O)c3c(n2)CN(C)C3=O)nc1. The molecule has 1 aliphatic heterocycles. The van der Waals surface area contributed by atoms with Crippen molar-refractivity contribution in [1.82, 2.24) is 14.9 Å².